The lowest BCUT2D eigenvalue weighted by Gasteiger charge is -2.26. The molecular formula is C18H32N2O. The van der Waals surface area contributed by atoms with Gasteiger partial charge >= 0.3 is 0 Å². The zero-order valence-electron chi connectivity index (χ0n) is 14.6. The van der Waals surface area contributed by atoms with E-state index in [-0.39, 0.29) is 5.54 Å². The first-order chi connectivity index (χ1) is 9.74. The minimum Gasteiger partial charge on any atom is -0.465 e. The zero-order chi connectivity index (χ0) is 15.6. The second kappa shape index (κ2) is 6.53. The average molecular weight is 292 g/mol. The molecule has 1 aliphatic rings. The van der Waals surface area contributed by atoms with Gasteiger partial charge in [-0.3, -0.25) is 4.90 Å². The zero-order valence-corrected chi connectivity index (χ0v) is 14.6. The van der Waals surface area contributed by atoms with Gasteiger partial charge in [0.05, 0.1) is 6.54 Å². The smallest absolute Gasteiger partial charge is 0.118 e. The topological polar surface area (TPSA) is 28.4 Å². The van der Waals surface area contributed by atoms with Gasteiger partial charge in [0.2, 0.25) is 0 Å². The molecular weight excluding hydrogens is 260 g/mol. The standard InChI is InChI=1S/C18H32N2O/c1-13(2)20(11-15-7-8-15)12-16-9-17(21-14(16)3)10-19-18(4,5)6/h9,13,15,19H,7-8,10-12H2,1-6H3. The molecule has 0 amide bonds. The molecule has 0 bridgehead atoms. The highest BCUT2D eigenvalue weighted by Crippen LogP contribution is 2.31. The Kier molecular flexibility index (Phi) is 5.15. The van der Waals surface area contributed by atoms with Crippen molar-refractivity contribution in [3.63, 3.8) is 0 Å². The van der Waals surface area contributed by atoms with Gasteiger partial charge < -0.3 is 9.73 Å². The van der Waals surface area contributed by atoms with Gasteiger partial charge in [0.25, 0.3) is 0 Å². The van der Waals surface area contributed by atoms with E-state index in [2.05, 4.69) is 57.8 Å². The van der Waals surface area contributed by atoms with Gasteiger partial charge in [0.15, 0.2) is 0 Å². The Balaban J connectivity index is 1.96. The lowest BCUT2D eigenvalue weighted by Crippen LogP contribution is -2.34. The SMILES string of the molecule is Cc1oc(CNC(C)(C)C)cc1CN(CC1CC1)C(C)C. The minimum atomic E-state index is 0.122. The van der Waals surface area contributed by atoms with Crippen LogP contribution in [0.1, 0.15) is 64.5 Å². The van der Waals surface area contributed by atoms with Crippen molar-refractivity contribution in [3.8, 4) is 0 Å². The summed E-state index contributed by atoms with van der Waals surface area (Å²) in [6, 6.07) is 2.83. The van der Waals surface area contributed by atoms with Gasteiger partial charge in [0, 0.05) is 30.2 Å². The lowest BCUT2D eigenvalue weighted by atomic mass is 10.1. The Morgan fingerprint density at radius 2 is 2.00 bits per heavy atom. The number of hydrogen-bond donors (Lipinski definition) is 1. The molecule has 1 aliphatic carbocycles. The lowest BCUT2D eigenvalue weighted by molar-refractivity contribution is 0.202. The first kappa shape index (κ1) is 16.6. The molecule has 1 aromatic rings. The van der Waals surface area contributed by atoms with Crippen molar-refractivity contribution >= 4 is 0 Å². The van der Waals surface area contributed by atoms with E-state index >= 15 is 0 Å². The molecule has 0 aromatic carbocycles. The van der Waals surface area contributed by atoms with Crippen LogP contribution in [0.5, 0.6) is 0 Å². The maximum absolute atomic E-state index is 5.92. The highest BCUT2D eigenvalue weighted by Gasteiger charge is 2.26. The van der Waals surface area contributed by atoms with Gasteiger partial charge in [-0.2, -0.15) is 0 Å². The Labute approximate surface area is 130 Å². The second-order valence-electron chi connectivity index (χ2n) is 7.86. The molecule has 0 atom stereocenters. The van der Waals surface area contributed by atoms with E-state index in [0.29, 0.717) is 6.04 Å². The molecule has 120 valence electrons. The van der Waals surface area contributed by atoms with Crippen LogP contribution in [-0.4, -0.2) is 23.0 Å². The molecule has 0 radical (unpaired) electrons. The number of aryl methyl sites for hydroxylation is 1. The van der Waals surface area contributed by atoms with Crippen molar-refractivity contribution in [1.29, 1.82) is 0 Å². The van der Waals surface area contributed by atoms with E-state index in [1.807, 2.05) is 0 Å². The van der Waals surface area contributed by atoms with Crippen LogP contribution >= 0.6 is 0 Å². The van der Waals surface area contributed by atoms with Crippen LogP contribution in [0.3, 0.4) is 0 Å². The maximum atomic E-state index is 5.92. The molecule has 3 heteroatoms. The van der Waals surface area contributed by atoms with Gasteiger partial charge in [-0.05, 0) is 66.4 Å². The Morgan fingerprint density at radius 3 is 2.52 bits per heavy atom. The summed E-state index contributed by atoms with van der Waals surface area (Å²) in [4.78, 5) is 2.58. The van der Waals surface area contributed by atoms with Gasteiger partial charge in [-0.25, -0.2) is 0 Å². The molecule has 3 nitrogen and oxygen atoms in total. The average Bonchev–Trinajstić information content (AvgIpc) is 3.10. The first-order valence-corrected chi connectivity index (χ1v) is 8.32. The molecule has 0 unspecified atom stereocenters. The summed E-state index contributed by atoms with van der Waals surface area (Å²) < 4.78 is 5.92. The van der Waals surface area contributed by atoms with Crippen LogP contribution < -0.4 is 5.32 Å². The Morgan fingerprint density at radius 1 is 1.33 bits per heavy atom. The third kappa shape index (κ3) is 5.48. The minimum absolute atomic E-state index is 0.122. The summed E-state index contributed by atoms with van der Waals surface area (Å²) in [5, 5.41) is 3.49. The summed E-state index contributed by atoms with van der Waals surface area (Å²) in [7, 11) is 0. The van der Waals surface area contributed by atoms with Crippen LogP contribution in [0.2, 0.25) is 0 Å². The molecule has 1 heterocycles. The highest BCUT2D eigenvalue weighted by molar-refractivity contribution is 5.21. The fourth-order valence-corrected chi connectivity index (χ4v) is 2.49. The van der Waals surface area contributed by atoms with Gasteiger partial charge in [-0.1, -0.05) is 0 Å². The Bertz CT molecular complexity index is 452. The van der Waals surface area contributed by atoms with E-state index < -0.39 is 0 Å². The molecule has 1 aromatic heterocycles. The monoisotopic (exact) mass is 292 g/mol. The van der Waals surface area contributed by atoms with Crippen molar-refractivity contribution in [1.82, 2.24) is 10.2 Å². The van der Waals surface area contributed by atoms with Crippen LogP contribution in [0, 0.1) is 12.8 Å². The first-order valence-electron chi connectivity index (χ1n) is 8.32. The molecule has 0 saturated heterocycles. The normalized spacial score (nSPS) is 16.2. The molecule has 0 aliphatic heterocycles. The number of furan rings is 1. The van der Waals surface area contributed by atoms with Crippen molar-refractivity contribution in [3.05, 3.63) is 23.2 Å². The van der Waals surface area contributed by atoms with E-state index in [1.165, 1.54) is 24.9 Å². The molecule has 21 heavy (non-hydrogen) atoms. The summed E-state index contributed by atoms with van der Waals surface area (Å²) >= 11 is 0. The fourth-order valence-electron chi connectivity index (χ4n) is 2.49. The van der Waals surface area contributed by atoms with Crippen molar-refractivity contribution in [2.45, 2.75) is 79.1 Å². The number of hydrogen-bond acceptors (Lipinski definition) is 3. The maximum Gasteiger partial charge on any atom is 0.118 e. The molecule has 0 spiro atoms. The third-order valence-corrected chi connectivity index (χ3v) is 4.16. The van der Waals surface area contributed by atoms with Crippen molar-refractivity contribution in [2.75, 3.05) is 6.54 Å². The molecule has 2 rings (SSSR count). The highest BCUT2D eigenvalue weighted by atomic mass is 16.3. The number of nitrogens with zero attached hydrogens (tertiary/aromatic N) is 1. The number of nitrogens with one attached hydrogen (secondary N) is 1. The van der Waals surface area contributed by atoms with Crippen LogP contribution in [-0.2, 0) is 13.1 Å². The van der Waals surface area contributed by atoms with Crippen LogP contribution in [0.25, 0.3) is 0 Å². The third-order valence-electron chi connectivity index (χ3n) is 4.16. The molecule has 1 saturated carbocycles. The molecule has 1 fully saturated rings. The van der Waals surface area contributed by atoms with E-state index in [0.717, 1.165) is 30.5 Å². The van der Waals surface area contributed by atoms with E-state index in [1.54, 1.807) is 0 Å². The largest absolute Gasteiger partial charge is 0.465 e. The number of rotatable bonds is 7. The van der Waals surface area contributed by atoms with Gasteiger partial charge in [0.1, 0.15) is 11.5 Å². The summed E-state index contributed by atoms with van der Waals surface area (Å²) in [5.74, 6) is 3.05. The summed E-state index contributed by atoms with van der Waals surface area (Å²) in [5.41, 5.74) is 1.46. The van der Waals surface area contributed by atoms with Crippen molar-refractivity contribution in [2.24, 2.45) is 5.92 Å². The van der Waals surface area contributed by atoms with Crippen LogP contribution in [0.15, 0.2) is 10.5 Å². The Hall–Kier alpha value is -0.800. The molecule has 1 N–H and O–H groups in total. The fraction of sp³-hybridized carbons (Fsp3) is 0.778. The predicted molar refractivity (Wildman–Crippen MR) is 88.3 cm³/mol. The van der Waals surface area contributed by atoms with Crippen LogP contribution in [0.4, 0.5) is 0 Å². The van der Waals surface area contributed by atoms with Gasteiger partial charge in [-0.15, -0.1) is 0 Å². The summed E-state index contributed by atoms with van der Waals surface area (Å²) in [6.45, 7) is 16.3. The second-order valence-corrected chi connectivity index (χ2v) is 7.86. The van der Waals surface area contributed by atoms with E-state index in [4.69, 9.17) is 4.42 Å². The van der Waals surface area contributed by atoms with Crippen molar-refractivity contribution < 1.29 is 4.42 Å². The predicted octanol–water partition coefficient (Wildman–Crippen LogP) is 4.10. The quantitative estimate of drug-likeness (QED) is 0.820. The summed E-state index contributed by atoms with van der Waals surface area (Å²) in [6.07, 6.45) is 2.82. The van der Waals surface area contributed by atoms with E-state index in [9.17, 15) is 0 Å².